The summed E-state index contributed by atoms with van der Waals surface area (Å²) < 4.78 is 5.77. The predicted molar refractivity (Wildman–Crippen MR) is 156 cm³/mol. The molecule has 0 saturated carbocycles. The molecule has 3 aromatic rings. The Morgan fingerprint density at radius 1 is 1.18 bits per heavy atom. The molecule has 3 heterocycles. The number of fused-ring (bicyclic) bond motifs is 1. The average Bonchev–Trinajstić information content (AvgIpc) is 3.52. The molecule has 2 N–H and O–H groups in total. The summed E-state index contributed by atoms with van der Waals surface area (Å²) >= 11 is 0. The Labute approximate surface area is 229 Å². The predicted octanol–water partition coefficient (Wildman–Crippen LogP) is 4.32. The summed E-state index contributed by atoms with van der Waals surface area (Å²) in [5.41, 5.74) is 4.50. The molecule has 0 spiro atoms. The Morgan fingerprint density at radius 2 is 1.97 bits per heavy atom. The van der Waals surface area contributed by atoms with Gasteiger partial charge in [0.05, 0.1) is 24.2 Å². The SMILES string of the molecule is C=CC(=O)Nc1cc(Nc2ncnc(N3CC(C)(C)c4ccccc43)n2)c(OC)cc1N1CC[C@@H](N(C)C)C1. The zero-order valence-electron chi connectivity index (χ0n) is 23.2. The third kappa shape index (κ3) is 5.24. The van der Waals surface area contributed by atoms with E-state index in [0.717, 1.165) is 37.4 Å². The molecule has 2 aliphatic rings. The van der Waals surface area contributed by atoms with Crippen LogP contribution in [0, 0.1) is 0 Å². The minimum atomic E-state index is -0.284. The van der Waals surface area contributed by atoms with Gasteiger partial charge in [0.15, 0.2) is 0 Å². The van der Waals surface area contributed by atoms with Crippen LogP contribution in [0.3, 0.4) is 0 Å². The number of hydrogen-bond donors (Lipinski definition) is 2. The lowest BCUT2D eigenvalue weighted by Gasteiger charge is -2.25. The molecule has 204 valence electrons. The van der Waals surface area contributed by atoms with Crippen molar-refractivity contribution < 1.29 is 9.53 Å². The number of para-hydroxylation sites is 1. The first kappa shape index (κ1) is 26.4. The van der Waals surface area contributed by atoms with Gasteiger partial charge in [0.1, 0.15) is 12.1 Å². The maximum Gasteiger partial charge on any atom is 0.247 e. The molecule has 1 amide bonds. The van der Waals surface area contributed by atoms with Crippen molar-refractivity contribution in [3.63, 3.8) is 0 Å². The van der Waals surface area contributed by atoms with Crippen LogP contribution in [0.1, 0.15) is 25.8 Å². The van der Waals surface area contributed by atoms with E-state index in [2.05, 4.69) is 88.0 Å². The van der Waals surface area contributed by atoms with Gasteiger partial charge in [-0.3, -0.25) is 4.79 Å². The molecule has 1 atom stereocenters. The van der Waals surface area contributed by atoms with E-state index in [-0.39, 0.29) is 11.3 Å². The highest BCUT2D eigenvalue weighted by Gasteiger charge is 2.36. The van der Waals surface area contributed by atoms with Gasteiger partial charge in [-0.05, 0) is 44.3 Å². The van der Waals surface area contributed by atoms with Crippen molar-refractivity contribution in [1.29, 1.82) is 0 Å². The Hall–Kier alpha value is -4.18. The molecule has 39 heavy (non-hydrogen) atoms. The molecule has 2 aliphatic heterocycles. The number of likely N-dealkylation sites (N-methyl/N-ethyl adjacent to an activating group) is 1. The summed E-state index contributed by atoms with van der Waals surface area (Å²) in [5, 5.41) is 6.26. The van der Waals surface area contributed by atoms with Gasteiger partial charge in [-0.1, -0.05) is 38.6 Å². The number of aromatic nitrogens is 3. The van der Waals surface area contributed by atoms with Crippen LogP contribution in [0.15, 0.2) is 55.4 Å². The topological polar surface area (TPSA) is 98.7 Å². The zero-order valence-corrected chi connectivity index (χ0v) is 23.2. The summed E-state index contributed by atoms with van der Waals surface area (Å²) in [6.07, 6.45) is 3.81. The van der Waals surface area contributed by atoms with Gasteiger partial charge < -0.3 is 30.1 Å². The van der Waals surface area contributed by atoms with Crippen LogP contribution in [0.25, 0.3) is 0 Å². The quantitative estimate of drug-likeness (QED) is 0.414. The summed E-state index contributed by atoms with van der Waals surface area (Å²) in [4.78, 5) is 32.6. The molecule has 10 heteroatoms. The lowest BCUT2D eigenvalue weighted by atomic mass is 9.87. The van der Waals surface area contributed by atoms with Crippen LogP contribution in [0.5, 0.6) is 5.75 Å². The second kappa shape index (κ2) is 10.5. The normalized spacial score (nSPS) is 17.7. The molecule has 0 unspecified atom stereocenters. The smallest absolute Gasteiger partial charge is 0.247 e. The van der Waals surface area contributed by atoms with E-state index in [1.807, 2.05) is 18.2 Å². The fourth-order valence-corrected chi connectivity index (χ4v) is 5.39. The Bertz CT molecular complexity index is 1390. The molecular formula is C29H36N8O2. The van der Waals surface area contributed by atoms with E-state index in [1.54, 1.807) is 7.11 Å². The number of benzene rings is 2. The average molecular weight is 529 g/mol. The number of methoxy groups -OCH3 is 1. The third-order valence-corrected chi connectivity index (χ3v) is 7.52. The maximum absolute atomic E-state index is 12.3. The second-order valence-corrected chi connectivity index (χ2v) is 10.8. The van der Waals surface area contributed by atoms with E-state index < -0.39 is 0 Å². The highest BCUT2D eigenvalue weighted by atomic mass is 16.5. The summed E-state index contributed by atoms with van der Waals surface area (Å²) in [6, 6.07) is 12.6. The van der Waals surface area contributed by atoms with Crippen molar-refractivity contribution in [2.75, 3.05) is 61.3 Å². The van der Waals surface area contributed by atoms with Gasteiger partial charge in [-0.15, -0.1) is 0 Å². The fraction of sp³-hybridized carbons (Fsp3) is 0.379. The standard InChI is InChI=1S/C29H36N8O2/c1-7-26(38)32-21-14-22(25(39-6)15-24(21)36-13-12-19(16-36)35(4)5)33-27-30-18-31-28(34-27)37-17-29(2,3)20-10-8-9-11-23(20)37/h7-11,14-15,18-19H,1,12-13,16-17H2,2-6H3,(H,32,38)(H,30,31,33,34)/t19-/m1/s1. The van der Waals surface area contributed by atoms with E-state index in [0.29, 0.717) is 35.1 Å². The lowest BCUT2D eigenvalue weighted by Crippen LogP contribution is -2.31. The van der Waals surface area contributed by atoms with E-state index in [1.165, 1.54) is 18.0 Å². The molecule has 1 saturated heterocycles. The van der Waals surface area contributed by atoms with Crippen LogP contribution in [0.2, 0.25) is 0 Å². The van der Waals surface area contributed by atoms with E-state index in [9.17, 15) is 4.79 Å². The first-order chi connectivity index (χ1) is 18.7. The lowest BCUT2D eigenvalue weighted by molar-refractivity contribution is -0.111. The van der Waals surface area contributed by atoms with Gasteiger partial charge >= 0.3 is 0 Å². The number of nitrogens with zero attached hydrogens (tertiary/aromatic N) is 6. The molecule has 0 aliphatic carbocycles. The first-order valence-electron chi connectivity index (χ1n) is 13.1. The van der Waals surface area contributed by atoms with Gasteiger partial charge in [0.25, 0.3) is 0 Å². The Balaban J connectivity index is 1.47. The van der Waals surface area contributed by atoms with Crippen molar-refractivity contribution in [3.8, 4) is 5.75 Å². The first-order valence-corrected chi connectivity index (χ1v) is 13.1. The summed E-state index contributed by atoms with van der Waals surface area (Å²) in [7, 11) is 5.81. The zero-order chi connectivity index (χ0) is 27.7. The monoisotopic (exact) mass is 528 g/mol. The van der Waals surface area contributed by atoms with E-state index in [4.69, 9.17) is 9.72 Å². The number of ether oxygens (including phenoxy) is 1. The molecule has 1 aromatic heterocycles. The number of amides is 1. The van der Waals surface area contributed by atoms with Crippen molar-refractivity contribution >= 4 is 40.6 Å². The molecule has 1 fully saturated rings. The van der Waals surface area contributed by atoms with Crippen molar-refractivity contribution in [1.82, 2.24) is 19.9 Å². The van der Waals surface area contributed by atoms with Crippen LogP contribution in [-0.4, -0.2) is 72.6 Å². The number of carbonyl (C=O) groups is 1. The molecule has 2 aromatic carbocycles. The Morgan fingerprint density at radius 3 is 2.69 bits per heavy atom. The fourth-order valence-electron chi connectivity index (χ4n) is 5.39. The number of hydrogen-bond acceptors (Lipinski definition) is 9. The third-order valence-electron chi connectivity index (χ3n) is 7.52. The summed E-state index contributed by atoms with van der Waals surface area (Å²) in [6.45, 7) is 10.5. The number of nitrogens with one attached hydrogen (secondary N) is 2. The van der Waals surface area contributed by atoms with Gasteiger partial charge in [-0.2, -0.15) is 4.98 Å². The summed E-state index contributed by atoms with van der Waals surface area (Å²) in [5.74, 6) is 1.27. The second-order valence-electron chi connectivity index (χ2n) is 10.8. The molecule has 10 nitrogen and oxygen atoms in total. The van der Waals surface area contributed by atoms with Crippen LogP contribution < -0.4 is 25.2 Å². The highest BCUT2D eigenvalue weighted by Crippen LogP contribution is 2.43. The van der Waals surface area contributed by atoms with Crippen molar-refractivity contribution in [2.45, 2.75) is 31.7 Å². The molecular weight excluding hydrogens is 492 g/mol. The van der Waals surface area contributed by atoms with Gasteiger partial charge in [0, 0.05) is 42.8 Å². The molecule has 5 rings (SSSR count). The minimum absolute atomic E-state index is 0.0324. The Kier molecular flexibility index (Phi) is 7.14. The largest absolute Gasteiger partial charge is 0.494 e. The van der Waals surface area contributed by atoms with Gasteiger partial charge in [0.2, 0.25) is 17.8 Å². The number of anilines is 6. The molecule has 0 radical (unpaired) electrons. The van der Waals surface area contributed by atoms with Crippen LogP contribution >= 0.6 is 0 Å². The van der Waals surface area contributed by atoms with Gasteiger partial charge in [-0.25, -0.2) is 9.97 Å². The number of carbonyl (C=O) groups excluding carboxylic acids is 1. The van der Waals surface area contributed by atoms with Crippen LogP contribution in [-0.2, 0) is 10.2 Å². The van der Waals surface area contributed by atoms with Crippen molar-refractivity contribution in [3.05, 3.63) is 60.9 Å². The van der Waals surface area contributed by atoms with Crippen molar-refractivity contribution in [2.24, 2.45) is 0 Å². The molecule has 0 bridgehead atoms. The highest BCUT2D eigenvalue weighted by molar-refractivity contribution is 6.02. The van der Waals surface area contributed by atoms with Crippen LogP contribution in [0.4, 0.5) is 34.6 Å². The number of rotatable bonds is 8. The minimum Gasteiger partial charge on any atom is -0.494 e. The maximum atomic E-state index is 12.3. The van der Waals surface area contributed by atoms with E-state index >= 15 is 0 Å².